The second-order valence-corrected chi connectivity index (χ2v) is 5.84. The van der Waals surface area contributed by atoms with Crippen LogP contribution < -0.4 is 5.32 Å². The fourth-order valence-corrected chi connectivity index (χ4v) is 2.98. The quantitative estimate of drug-likeness (QED) is 0.903. The number of hydrogen-bond acceptors (Lipinski definition) is 6. The molecule has 0 bridgehead atoms. The maximum atomic E-state index is 12.0. The van der Waals surface area contributed by atoms with Crippen LogP contribution >= 0.6 is 11.8 Å². The van der Waals surface area contributed by atoms with Gasteiger partial charge >= 0.3 is 0 Å². The van der Waals surface area contributed by atoms with Gasteiger partial charge in [-0.15, -0.1) is 5.10 Å². The number of carbonyl (C=O) groups excluding carboxylic acids is 2. The molecule has 22 heavy (non-hydrogen) atoms. The van der Waals surface area contributed by atoms with E-state index in [4.69, 9.17) is 0 Å². The summed E-state index contributed by atoms with van der Waals surface area (Å²) in [6.07, 6.45) is 0. The lowest BCUT2D eigenvalue weighted by Gasteiger charge is -2.14. The number of carbonyl (C=O) groups is 2. The number of amides is 2. The molecule has 1 aliphatic heterocycles. The fraction of sp³-hybridized carbons (Fsp3) is 0.308. The molecule has 0 aliphatic carbocycles. The van der Waals surface area contributed by atoms with Gasteiger partial charge in [0.05, 0.1) is 0 Å². The van der Waals surface area contributed by atoms with Crippen LogP contribution in [0.2, 0.25) is 0 Å². The van der Waals surface area contributed by atoms with Gasteiger partial charge in [-0.2, -0.15) is 0 Å². The molecule has 8 nitrogen and oxygen atoms in total. The molecule has 2 heterocycles. The summed E-state index contributed by atoms with van der Waals surface area (Å²) < 4.78 is 1.56. The van der Waals surface area contributed by atoms with Crippen molar-refractivity contribution in [3.8, 4) is 11.4 Å². The Labute approximate surface area is 130 Å². The van der Waals surface area contributed by atoms with Crippen molar-refractivity contribution < 1.29 is 9.59 Å². The Hall–Kier alpha value is -2.42. The number of benzene rings is 1. The average Bonchev–Trinajstić information content (AvgIpc) is 3.08. The lowest BCUT2D eigenvalue weighted by Crippen LogP contribution is -2.33. The van der Waals surface area contributed by atoms with Crippen molar-refractivity contribution in [2.45, 2.75) is 0 Å². The molecule has 1 fully saturated rings. The number of tetrazole rings is 1. The third-order valence-corrected chi connectivity index (χ3v) is 4.10. The van der Waals surface area contributed by atoms with Crippen molar-refractivity contribution in [3.63, 3.8) is 0 Å². The molecule has 2 aromatic rings. The third-order valence-electron chi connectivity index (χ3n) is 3.20. The van der Waals surface area contributed by atoms with Crippen LogP contribution in [0.5, 0.6) is 0 Å². The van der Waals surface area contributed by atoms with Crippen LogP contribution in [0.25, 0.3) is 11.4 Å². The van der Waals surface area contributed by atoms with E-state index in [0.29, 0.717) is 18.1 Å². The van der Waals surface area contributed by atoms with Gasteiger partial charge in [-0.25, -0.2) is 4.68 Å². The molecular formula is C13H14N6O2S. The second kappa shape index (κ2) is 6.14. The van der Waals surface area contributed by atoms with Gasteiger partial charge in [0.25, 0.3) is 5.24 Å². The first-order valence-electron chi connectivity index (χ1n) is 6.68. The standard InChI is InChI=1S/C13H14N6O2S/c1-18-12(15-16-17-18)9-3-2-4-10(7-9)14-11(20)8-19-5-6-22-13(19)21/h2-4,7H,5-6,8H2,1H3,(H,14,20). The first kappa shape index (κ1) is 14.5. The highest BCUT2D eigenvalue weighted by molar-refractivity contribution is 8.13. The van der Waals surface area contributed by atoms with Crippen molar-refractivity contribution >= 4 is 28.6 Å². The Bertz CT molecular complexity index is 716. The number of hydrogen-bond donors (Lipinski definition) is 1. The maximum Gasteiger partial charge on any atom is 0.282 e. The maximum absolute atomic E-state index is 12.0. The average molecular weight is 318 g/mol. The van der Waals surface area contributed by atoms with E-state index >= 15 is 0 Å². The molecule has 114 valence electrons. The number of nitrogens with zero attached hydrogens (tertiary/aromatic N) is 5. The molecule has 0 unspecified atom stereocenters. The van der Waals surface area contributed by atoms with Gasteiger partial charge in [-0.1, -0.05) is 23.9 Å². The topological polar surface area (TPSA) is 93.0 Å². The van der Waals surface area contributed by atoms with Crippen LogP contribution in [0.4, 0.5) is 10.5 Å². The third kappa shape index (κ3) is 3.08. The van der Waals surface area contributed by atoms with Crippen molar-refractivity contribution in [1.82, 2.24) is 25.1 Å². The summed E-state index contributed by atoms with van der Waals surface area (Å²) >= 11 is 1.24. The molecule has 0 saturated carbocycles. The van der Waals surface area contributed by atoms with Gasteiger partial charge in [0.15, 0.2) is 5.82 Å². The Morgan fingerprint density at radius 2 is 2.32 bits per heavy atom. The van der Waals surface area contributed by atoms with Crippen LogP contribution in [0.15, 0.2) is 24.3 Å². The predicted molar refractivity (Wildman–Crippen MR) is 82.3 cm³/mol. The highest BCUT2D eigenvalue weighted by Gasteiger charge is 2.23. The largest absolute Gasteiger partial charge is 0.325 e. The van der Waals surface area contributed by atoms with Crippen LogP contribution in [0.3, 0.4) is 0 Å². The summed E-state index contributed by atoms with van der Waals surface area (Å²) in [5.41, 5.74) is 1.45. The zero-order valence-electron chi connectivity index (χ0n) is 11.9. The van der Waals surface area contributed by atoms with E-state index in [2.05, 4.69) is 20.8 Å². The molecule has 1 aliphatic rings. The Morgan fingerprint density at radius 1 is 1.45 bits per heavy atom. The molecule has 9 heteroatoms. The molecular weight excluding hydrogens is 304 g/mol. The predicted octanol–water partition coefficient (Wildman–Crippen LogP) is 0.984. The zero-order valence-corrected chi connectivity index (χ0v) is 12.7. The number of aromatic nitrogens is 4. The summed E-state index contributed by atoms with van der Waals surface area (Å²) in [5.74, 6) is 1.13. The summed E-state index contributed by atoms with van der Waals surface area (Å²) in [7, 11) is 1.75. The molecule has 1 aromatic carbocycles. The van der Waals surface area contributed by atoms with Gasteiger partial charge in [-0.05, 0) is 22.6 Å². The Morgan fingerprint density at radius 3 is 3.00 bits per heavy atom. The van der Waals surface area contributed by atoms with E-state index in [1.54, 1.807) is 23.9 Å². The normalized spacial score (nSPS) is 14.4. The summed E-state index contributed by atoms with van der Waals surface area (Å²) in [6.45, 7) is 0.684. The van der Waals surface area contributed by atoms with E-state index in [9.17, 15) is 9.59 Å². The number of nitrogens with one attached hydrogen (secondary N) is 1. The van der Waals surface area contributed by atoms with Crippen LogP contribution in [-0.4, -0.2) is 55.1 Å². The van der Waals surface area contributed by atoms with Crippen LogP contribution in [-0.2, 0) is 11.8 Å². The van der Waals surface area contributed by atoms with Crippen LogP contribution in [0.1, 0.15) is 0 Å². The van der Waals surface area contributed by atoms with Gasteiger partial charge in [0.1, 0.15) is 6.54 Å². The van der Waals surface area contributed by atoms with E-state index in [1.807, 2.05) is 12.1 Å². The SMILES string of the molecule is Cn1nnnc1-c1cccc(NC(=O)CN2CCSC2=O)c1. The number of thioether (sulfide) groups is 1. The summed E-state index contributed by atoms with van der Waals surface area (Å²) in [6, 6.07) is 7.26. The minimum Gasteiger partial charge on any atom is -0.325 e. The van der Waals surface area contributed by atoms with E-state index in [-0.39, 0.29) is 17.7 Å². The Kier molecular flexibility index (Phi) is 4.05. The second-order valence-electron chi connectivity index (χ2n) is 4.79. The lowest BCUT2D eigenvalue weighted by molar-refractivity contribution is -0.116. The lowest BCUT2D eigenvalue weighted by atomic mass is 10.2. The zero-order chi connectivity index (χ0) is 15.5. The van der Waals surface area contributed by atoms with E-state index in [1.165, 1.54) is 16.7 Å². The van der Waals surface area contributed by atoms with E-state index in [0.717, 1.165) is 11.3 Å². The summed E-state index contributed by atoms with van der Waals surface area (Å²) in [5, 5.41) is 14.1. The highest BCUT2D eigenvalue weighted by Crippen LogP contribution is 2.20. The smallest absolute Gasteiger partial charge is 0.282 e. The van der Waals surface area contributed by atoms with Crippen molar-refractivity contribution in [2.24, 2.45) is 7.05 Å². The first-order chi connectivity index (χ1) is 10.6. The molecule has 0 spiro atoms. The molecule has 1 aromatic heterocycles. The van der Waals surface area contributed by atoms with Gasteiger partial charge < -0.3 is 10.2 Å². The molecule has 0 atom stereocenters. The van der Waals surface area contributed by atoms with Crippen molar-refractivity contribution in [3.05, 3.63) is 24.3 Å². The summed E-state index contributed by atoms with van der Waals surface area (Å²) in [4.78, 5) is 25.1. The fourth-order valence-electron chi connectivity index (χ4n) is 2.15. The van der Waals surface area contributed by atoms with Crippen molar-refractivity contribution in [1.29, 1.82) is 0 Å². The minimum atomic E-state index is -0.218. The molecule has 0 radical (unpaired) electrons. The van der Waals surface area contributed by atoms with Gasteiger partial charge in [-0.3, -0.25) is 9.59 Å². The minimum absolute atomic E-state index is 0.0472. The van der Waals surface area contributed by atoms with Crippen LogP contribution in [0, 0.1) is 0 Å². The van der Waals surface area contributed by atoms with Crippen molar-refractivity contribution in [2.75, 3.05) is 24.2 Å². The number of anilines is 1. The Balaban J connectivity index is 1.69. The van der Waals surface area contributed by atoms with Gasteiger partial charge in [0, 0.05) is 30.6 Å². The molecule has 2 amide bonds. The first-order valence-corrected chi connectivity index (χ1v) is 7.66. The molecule has 1 N–H and O–H groups in total. The highest BCUT2D eigenvalue weighted by atomic mass is 32.2. The number of aryl methyl sites for hydroxylation is 1. The molecule has 3 rings (SSSR count). The monoisotopic (exact) mass is 318 g/mol. The van der Waals surface area contributed by atoms with Gasteiger partial charge in [0.2, 0.25) is 5.91 Å². The van der Waals surface area contributed by atoms with E-state index < -0.39 is 0 Å². The molecule has 1 saturated heterocycles. The number of rotatable bonds is 4.